The van der Waals surface area contributed by atoms with Crippen molar-refractivity contribution in [2.75, 3.05) is 0 Å². The number of fused-ring (bicyclic) bond motifs is 1. The first-order valence-corrected chi connectivity index (χ1v) is 14.2. The molecule has 1 aliphatic heterocycles. The van der Waals surface area contributed by atoms with E-state index < -0.39 is 23.6 Å². The summed E-state index contributed by atoms with van der Waals surface area (Å²) in [5.74, 6) is -1.42. The standard InChI is InChI=1S/C35H38O7/c1-23(2)13-11-14-24(3)15-12-20-35(4)30(37)22-27-29(36)21-28(33(38)40-25-16-7-5-8-17-25)31(32(27)42-35)34(39)41-26-18-9-6-10-19-26/h5-10,13,15-19,21,30,36-37H,11-12,14,20,22H2,1-4H3/b24-15+. The van der Waals surface area contributed by atoms with E-state index in [1.165, 1.54) is 17.2 Å². The summed E-state index contributed by atoms with van der Waals surface area (Å²) in [6, 6.07) is 18.1. The lowest BCUT2D eigenvalue weighted by Gasteiger charge is -2.41. The molecule has 2 atom stereocenters. The summed E-state index contributed by atoms with van der Waals surface area (Å²) in [5, 5.41) is 22.1. The lowest BCUT2D eigenvalue weighted by atomic mass is 9.83. The molecule has 0 spiro atoms. The number of carbonyl (C=O) groups excluding carboxylic acids is 2. The Hall–Kier alpha value is -4.36. The second kappa shape index (κ2) is 13.5. The Balaban J connectivity index is 1.68. The maximum absolute atomic E-state index is 13.7. The van der Waals surface area contributed by atoms with E-state index in [0.29, 0.717) is 12.8 Å². The molecule has 4 rings (SSSR count). The first kappa shape index (κ1) is 30.6. The van der Waals surface area contributed by atoms with Gasteiger partial charge in [-0.05, 0) is 83.7 Å². The minimum atomic E-state index is -1.10. The Morgan fingerprint density at radius 2 is 1.52 bits per heavy atom. The molecule has 220 valence electrons. The fraction of sp³-hybridized carbons (Fsp3) is 0.314. The van der Waals surface area contributed by atoms with Crippen molar-refractivity contribution in [2.45, 2.75) is 71.5 Å². The summed E-state index contributed by atoms with van der Waals surface area (Å²) in [4.78, 5) is 27.0. The first-order valence-electron chi connectivity index (χ1n) is 14.2. The van der Waals surface area contributed by atoms with Gasteiger partial charge in [0.2, 0.25) is 0 Å². The first-order chi connectivity index (χ1) is 20.1. The molecule has 0 radical (unpaired) electrons. The topological polar surface area (TPSA) is 102 Å². The van der Waals surface area contributed by atoms with Crippen LogP contribution in [0.25, 0.3) is 0 Å². The van der Waals surface area contributed by atoms with E-state index in [-0.39, 0.29) is 46.1 Å². The lowest BCUT2D eigenvalue weighted by Crippen LogP contribution is -2.49. The molecule has 0 fully saturated rings. The zero-order valence-corrected chi connectivity index (χ0v) is 24.6. The number of aliphatic hydroxyl groups is 1. The number of aliphatic hydroxyl groups excluding tert-OH is 1. The van der Waals surface area contributed by atoms with Crippen LogP contribution in [-0.4, -0.2) is 33.9 Å². The number of phenolic OH excluding ortho intramolecular Hbond substituents is 1. The number of hydrogen-bond donors (Lipinski definition) is 2. The van der Waals surface area contributed by atoms with Crippen LogP contribution in [0.5, 0.6) is 23.0 Å². The van der Waals surface area contributed by atoms with E-state index in [9.17, 15) is 19.8 Å². The highest BCUT2D eigenvalue weighted by Gasteiger charge is 2.44. The van der Waals surface area contributed by atoms with E-state index in [0.717, 1.165) is 12.8 Å². The molecule has 3 aromatic rings. The van der Waals surface area contributed by atoms with Crippen molar-refractivity contribution in [3.63, 3.8) is 0 Å². The van der Waals surface area contributed by atoms with Gasteiger partial charge in [0.1, 0.15) is 34.2 Å². The zero-order valence-electron chi connectivity index (χ0n) is 24.6. The van der Waals surface area contributed by atoms with E-state index in [4.69, 9.17) is 14.2 Å². The summed E-state index contributed by atoms with van der Waals surface area (Å²) < 4.78 is 17.5. The van der Waals surface area contributed by atoms with Crippen LogP contribution in [0.1, 0.15) is 79.7 Å². The molecule has 0 amide bonds. The molecule has 0 saturated heterocycles. The third kappa shape index (κ3) is 7.47. The van der Waals surface area contributed by atoms with Crippen LogP contribution in [0.3, 0.4) is 0 Å². The van der Waals surface area contributed by atoms with Crippen molar-refractivity contribution >= 4 is 11.9 Å². The van der Waals surface area contributed by atoms with Crippen molar-refractivity contribution in [1.82, 2.24) is 0 Å². The van der Waals surface area contributed by atoms with Crippen LogP contribution in [0.15, 0.2) is 90.0 Å². The largest absolute Gasteiger partial charge is 0.508 e. The molecule has 0 aromatic heterocycles. The summed E-state index contributed by atoms with van der Waals surface area (Å²) in [6.07, 6.45) is 6.37. The van der Waals surface area contributed by atoms with Crippen molar-refractivity contribution in [3.8, 4) is 23.0 Å². The number of hydrogen-bond acceptors (Lipinski definition) is 7. The fourth-order valence-corrected chi connectivity index (χ4v) is 4.88. The number of rotatable bonds is 10. The zero-order chi connectivity index (χ0) is 30.3. The average Bonchev–Trinajstić information content (AvgIpc) is 2.95. The quantitative estimate of drug-likeness (QED) is 0.149. The van der Waals surface area contributed by atoms with Gasteiger partial charge in [-0.15, -0.1) is 0 Å². The van der Waals surface area contributed by atoms with Gasteiger partial charge in [-0.25, -0.2) is 9.59 Å². The van der Waals surface area contributed by atoms with Crippen LogP contribution in [0, 0.1) is 0 Å². The van der Waals surface area contributed by atoms with Gasteiger partial charge >= 0.3 is 11.9 Å². The summed E-state index contributed by atoms with van der Waals surface area (Å²) in [5.41, 5.74) is 1.27. The van der Waals surface area contributed by atoms with Crippen molar-refractivity contribution in [1.29, 1.82) is 0 Å². The molecule has 0 bridgehead atoms. The van der Waals surface area contributed by atoms with Crippen LogP contribution in [0.4, 0.5) is 0 Å². The third-order valence-corrected chi connectivity index (χ3v) is 7.35. The number of phenols is 1. The number of benzene rings is 3. The minimum absolute atomic E-state index is 0.00741. The molecule has 1 aliphatic rings. The van der Waals surface area contributed by atoms with Crippen molar-refractivity contribution < 1.29 is 34.0 Å². The number of carbonyl (C=O) groups is 2. The van der Waals surface area contributed by atoms with Crippen LogP contribution < -0.4 is 14.2 Å². The van der Waals surface area contributed by atoms with Gasteiger partial charge in [-0.1, -0.05) is 59.7 Å². The predicted molar refractivity (Wildman–Crippen MR) is 161 cm³/mol. The Labute approximate surface area is 247 Å². The monoisotopic (exact) mass is 570 g/mol. The molecule has 1 heterocycles. The van der Waals surface area contributed by atoms with Crippen LogP contribution >= 0.6 is 0 Å². The maximum Gasteiger partial charge on any atom is 0.348 e. The smallest absolute Gasteiger partial charge is 0.348 e. The van der Waals surface area contributed by atoms with E-state index >= 15 is 0 Å². The number of para-hydroxylation sites is 2. The second-order valence-electron chi connectivity index (χ2n) is 11.1. The van der Waals surface area contributed by atoms with E-state index in [1.54, 1.807) is 67.6 Å². The molecular formula is C35H38O7. The number of ether oxygens (including phenoxy) is 3. The summed E-state index contributed by atoms with van der Waals surface area (Å²) >= 11 is 0. The molecular weight excluding hydrogens is 532 g/mol. The predicted octanol–water partition coefficient (Wildman–Crippen LogP) is 7.36. The Kier molecular flexibility index (Phi) is 9.86. The molecule has 0 aliphatic carbocycles. The van der Waals surface area contributed by atoms with Gasteiger partial charge in [0, 0.05) is 12.0 Å². The normalized spacial score (nSPS) is 17.9. The van der Waals surface area contributed by atoms with Gasteiger partial charge < -0.3 is 24.4 Å². The minimum Gasteiger partial charge on any atom is -0.508 e. The molecule has 0 saturated carbocycles. The average molecular weight is 571 g/mol. The maximum atomic E-state index is 13.7. The number of aromatic hydroxyl groups is 1. The molecule has 2 unspecified atom stereocenters. The van der Waals surface area contributed by atoms with Crippen LogP contribution in [0.2, 0.25) is 0 Å². The van der Waals surface area contributed by atoms with Crippen LogP contribution in [-0.2, 0) is 6.42 Å². The number of esters is 2. The van der Waals surface area contributed by atoms with Gasteiger partial charge in [-0.2, -0.15) is 0 Å². The van der Waals surface area contributed by atoms with Gasteiger partial charge in [0.25, 0.3) is 0 Å². The molecule has 7 nitrogen and oxygen atoms in total. The third-order valence-electron chi connectivity index (χ3n) is 7.35. The molecule has 2 N–H and O–H groups in total. The highest BCUT2D eigenvalue weighted by Crippen LogP contribution is 2.44. The van der Waals surface area contributed by atoms with Crippen molar-refractivity contribution in [2.24, 2.45) is 0 Å². The summed E-state index contributed by atoms with van der Waals surface area (Å²) in [7, 11) is 0. The Bertz CT molecular complexity index is 1470. The molecule has 7 heteroatoms. The molecule has 3 aromatic carbocycles. The second-order valence-corrected chi connectivity index (χ2v) is 11.1. The SMILES string of the molecule is CC(C)=CCC/C(C)=C/CCC1(C)Oc2c(c(O)cc(C(=O)Oc3ccccc3)c2C(=O)Oc2ccccc2)CC1O. The molecule has 42 heavy (non-hydrogen) atoms. The van der Waals surface area contributed by atoms with Crippen molar-refractivity contribution in [3.05, 3.63) is 107 Å². The summed E-state index contributed by atoms with van der Waals surface area (Å²) in [6.45, 7) is 8.00. The van der Waals surface area contributed by atoms with E-state index in [2.05, 4.69) is 32.9 Å². The highest BCUT2D eigenvalue weighted by molar-refractivity contribution is 6.07. The van der Waals surface area contributed by atoms with Gasteiger partial charge in [0.15, 0.2) is 0 Å². The van der Waals surface area contributed by atoms with Gasteiger partial charge in [-0.3, -0.25) is 0 Å². The Morgan fingerprint density at radius 3 is 2.12 bits per heavy atom. The number of allylic oxidation sites excluding steroid dienone is 4. The lowest BCUT2D eigenvalue weighted by molar-refractivity contribution is -0.0598. The van der Waals surface area contributed by atoms with Gasteiger partial charge in [0.05, 0.1) is 11.7 Å². The highest BCUT2D eigenvalue weighted by atomic mass is 16.5. The fourth-order valence-electron chi connectivity index (χ4n) is 4.88. The Morgan fingerprint density at radius 1 is 0.929 bits per heavy atom. The van der Waals surface area contributed by atoms with E-state index in [1.807, 2.05) is 0 Å².